The van der Waals surface area contributed by atoms with Gasteiger partial charge in [0.2, 0.25) is 0 Å². The van der Waals surface area contributed by atoms with Gasteiger partial charge in [-0.05, 0) is 83.4 Å². The summed E-state index contributed by atoms with van der Waals surface area (Å²) in [4.78, 5) is 24.2. The van der Waals surface area contributed by atoms with Crippen LogP contribution >= 0.6 is 0 Å². The third-order valence-corrected chi connectivity index (χ3v) is 5.80. The van der Waals surface area contributed by atoms with E-state index in [2.05, 4.69) is 70.0 Å². The van der Waals surface area contributed by atoms with E-state index in [-0.39, 0.29) is 6.42 Å². The van der Waals surface area contributed by atoms with Gasteiger partial charge in [0, 0.05) is 73.8 Å². The Morgan fingerprint density at radius 3 is 2.14 bits per heavy atom. The predicted molar refractivity (Wildman–Crippen MR) is 181 cm³/mol. The number of carbonyl (C=O) groups is 1. The van der Waals surface area contributed by atoms with Crippen LogP contribution in [0.4, 0.5) is 10.1 Å². The van der Waals surface area contributed by atoms with Crippen molar-refractivity contribution in [2.24, 2.45) is 10.7 Å². The Kier molecular flexibility index (Phi) is 26.0. The van der Waals surface area contributed by atoms with Gasteiger partial charge in [0.15, 0.2) is 0 Å². The van der Waals surface area contributed by atoms with E-state index in [1.807, 2.05) is 44.3 Å². The number of anilines is 1. The van der Waals surface area contributed by atoms with Crippen LogP contribution in [0.3, 0.4) is 0 Å². The van der Waals surface area contributed by atoms with Crippen molar-refractivity contribution in [3.05, 3.63) is 72.0 Å². The van der Waals surface area contributed by atoms with Gasteiger partial charge < -0.3 is 16.0 Å². The molecule has 1 aliphatic heterocycles. The average molecular weight is 774 g/mol. The third-order valence-electron chi connectivity index (χ3n) is 5.80. The summed E-state index contributed by atoms with van der Waals surface area (Å²) >= 11 is 1.17. The van der Waals surface area contributed by atoms with Crippen LogP contribution in [0.5, 0.6) is 0 Å². The monoisotopic (exact) mass is 774 g/mol. The number of aromatic nitrogens is 2. The quantitative estimate of drug-likeness (QED) is 0.185. The van der Waals surface area contributed by atoms with Gasteiger partial charge in [-0.2, -0.15) is 4.39 Å². The van der Waals surface area contributed by atoms with Gasteiger partial charge in [-0.15, -0.1) is 0 Å². The van der Waals surface area contributed by atoms with E-state index in [0.29, 0.717) is 18.5 Å². The molecule has 1 unspecified atom stereocenters. The Morgan fingerprint density at radius 2 is 1.76 bits per heavy atom. The number of carbonyl (C=O) groups excluding carboxylic acids is 1. The summed E-state index contributed by atoms with van der Waals surface area (Å²) in [6.45, 7) is 20.1. The maximum atomic E-state index is 11.1. The minimum absolute atomic E-state index is 0.0694. The fourth-order valence-corrected chi connectivity index (χ4v) is 3.94. The summed E-state index contributed by atoms with van der Waals surface area (Å²) in [5.41, 5.74) is 12.1. The number of hydrogen-bond acceptors (Lipinski definition) is 7. The topological polar surface area (TPSA) is 96.5 Å². The van der Waals surface area contributed by atoms with Gasteiger partial charge in [-0.3, -0.25) is 19.8 Å². The second kappa shape index (κ2) is 26.2. The number of nitrogens with one attached hydrogen (secondary N) is 1. The first kappa shape index (κ1) is 41.7. The first-order valence-corrected chi connectivity index (χ1v) is 19.1. The molecule has 1 aliphatic rings. The minimum atomic E-state index is -1.21. The molecule has 2 atom stereocenters. The Balaban J connectivity index is 0. The zero-order chi connectivity index (χ0) is 32.5. The van der Waals surface area contributed by atoms with Crippen LogP contribution in [0, 0.1) is 6.92 Å². The molecule has 42 heavy (non-hydrogen) atoms. The third kappa shape index (κ3) is 20.4. The molecule has 3 heterocycles. The molecule has 0 spiro atoms. The zero-order valence-corrected chi connectivity index (χ0v) is 31.9. The molecular weight excluding hydrogens is 720 g/mol. The molecule has 1 saturated heterocycles. The molecule has 0 bridgehead atoms. The van der Waals surface area contributed by atoms with Crippen LogP contribution in [0.25, 0.3) is 6.08 Å². The Hall–Kier alpha value is -2.47. The molecule has 2 aromatic rings. The molecule has 0 aromatic carbocycles. The number of piperazine rings is 1. The van der Waals surface area contributed by atoms with Crippen molar-refractivity contribution < 1.29 is 9.18 Å². The number of rotatable bonds is 7. The number of nitrogens with two attached hydrogens (primary N) is 1. The Labute approximate surface area is 271 Å². The molecule has 0 saturated carbocycles. The average Bonchev–Trinajstić information content (AvgIpc) is 2.95. The molecular formula is C33H54FN6OTl. The maximum absolute atomic E-state index is 11.1. The molecule has 7 nitrogen and oxygen atoms in total. The van der Waals surface area contributed by atoms with Gasteiger partial charge in [0.25, 0.3) is 0 Å². The SMILES string of the molecule is C/C(N)=C/c1ccccn1.C=CC(C)=NC.CCCC(=O)F.CCCc1c(N2CC(C)N[C@H](C)C2)ccnc1C.[CH3][Tl]. The fourth-order valence-electron chi connectivity index (χ4n) is 3.94. The van der Waals surface area contributed by atoms with Crippen LogP contribution in [-0.2, 0) is 11.2 Å². The molecule has 3 rings (SSSR count). The normalized spacial score (nSPS) is 16.1. The predicted octanol–water partition coefficient (Wildman–Crippen LogP) is 6.68. The number of halogens is 1. The van der Waals surface area contributed by atoms with E-state index in [1.165, 1.54) is 49.1 Å². The number of aryl methyl sites for hydroxylation is 1. The number of aliphatic imine (C=N–C) groups is 1. The van der Waals surface area contributed by atoms with E-state index >= 15 is 0 Å². The van der Waals surface area contributed by atoms with E-state index < -0.39 is 6.04 Å². The first-order valence-electron chi connectivity index (χ1n) is 14.6. The Bertz CT molecular complexity index is 1050. The summed E-state index contributed by atoms with van der Waals surface area (Å²) in [6.07, 6.45) is 10.2. The first-order chi connectivity index (χ1) is 20.0. The van der Waals surface area contributed by atoms with Crippen molar-refractivity contribution in [1.29, 1.82) is 0 Å². The molecule has 9 heteroatoms. The second-order valence-corrected chi connectivity index (χ2v) is 9.83. The second-order valence-electron chi connectivity index (χ2n) is 9.83. The van der Waals surface area contributed by atoms with E-state index in [4.69, 9.17) is 5.73 Å². The molecule has 232 valence electrons. The molecule has 0 aliphatic carbocycles. The van der Waals surface area contributed by atoms with Crippen LogP contribution in [0.1, 0.15) is 77.8 Å². The molecule has 0 amide bonds. The van der Waals surface area contributed by atoms with Gasteiger partial charge in [0.05, 0.1) is 5.69 Å². The van der Waals surface area contributed by atoms with Gasteiger partial charge in [0.1, 0.15) is 0 Å². The number of allylic oxidation sites excluding steroid dienone is 2. The summed E-state index contributed by atoms with van der Waals surface area (Å²) in [5.74, 6) is 0. The molecule has 2 aromatic heterocycles. The number of hydrogen-bond donors (Lipinski definition) is 2. The van der Waals surface area contributed by atoms with Crippen LogP contribution in [0.2, 0.25) is 4.48 Å². The van der Waals surface area contributed by atoms with Gasteiger partial charge in [-0.25, -0.2) is 0 Å². The van der Waals surface area contributed by atoms with E-state index in [9.17, 15) is 9.18 Å². The molecule has 1 fully saturated rings. The summed E-state index contributed by atoms with van der Waals surface area (Å²) in [7, 11) is 1.75. The van der Waals surface area contributed by atoms with Crippen molar-refractivity contribution in [3.8, 4) is 0 Å². The Morgan fingerprint density at radius 1 is 1.14 bits per heavy atom. The van der Waals surface area contributed by atoms with Crippen molar-refractivity contribution in [2.45, 2.75) is 90.7 Å². The number of nitrogens with zero attached hydrogens (tertiary/aromatic N) is 4. The molecule has 0 radical (unpaired) electrons. The summed E-state index contributed by atoms with van der Waals surface area (Å²) in [6, 6.07) is 7.80. The summed E-state index contributed by atoms with van der Waals surface area (Å²) < 4.78 is 13.2. The molecule has 3 N–H and O–H groups in total. The van der Waals surface area contributed by atoms with Crippen LogP contribution in [0.15, 0.2) is 60.0 Å². The van der Waals surface area contributed by atoms with Gasteiger partial charge in [-0.1, -0.05) is 32.9 Å². The van der Waals surface area contributed by atoms with E-state index in [1.54, 1.807) is 26.2 Å². The van der Waals surface area contributed by atoms with Crippen LogP contribution < -0.4 is 16.0 Å². The standard InChI is InChI=1S/C15H25N3.C8H10N2.C5H9N.C4H7FO.CH3.Tl/c1-5-6-14-13(4)16-8-7-15(14)18-9-11(2)17-12(3)10-18;1-7(9)6-8-4-2-3-5-10-8;1-4-5(2)6-3;1-2-3-4(5)6;;/h7-8,11-12,17H,5-6,9-10H2,1-4H3;2-6H,9H2,1H3;4H,1H2,2-3H3;2-3H2,1H3;1H3;/b;7-6-;;;;/t11-,12?;;;;;/m1...../s1. The summed E-state index contributed by atoms with van der Waals surface area (Å²) in [5, 5.41) is 3.59. The van der Waals surface area contributed by atoms with Crippen molar-refractivity contribution in [1.82, 2.24) is 15.3 Å². The number of pyridine rings is 2. The fraction of sp³-hybridized carbons (Fsp3) is 0.515. The van der Waals surface area contributed by atoms with Gasteiger partial charge >= 0.3 is 36.3 Å². The van der Waals surface area contributed by atoms with Crippen molar-refractivity contribution in [2.75, 3.05) is 25.0 Å². The van der Waals surface area contributed by atoms with Crippen molar-refractivity contribution in [3.63, 3.8) is 0 Å². The zero-order valence-electron chi connectivity index (χ0n) is 27.5. The van der Waals surface area contributed by atoms with Crippen LogP contribution in [-0.4, -0.2) is 79.7 Å². The van der Waals surface area contributed by atoms with Crippen molar-refractivity contribution >= 4 is 49.3 Å². The van der Waals surface area contributed by atoms with E-state index in [0.717, 1.165) is 36.6 Å².